The number of furan rings is 1. The van der Waals surface area contributed by atoms with Crippen LogP contribution < -0.4 is 4.90 Å². The second kappa shape index (κ2) is 9.60. The van der Waals surface area contributed by atoms with Gasteiger partial charge >= 0.3 is 11.9 Å². The normalized spacial score (nSPS) is 16.5. The number of halogens is 1. The van der Waals surface area contributed by atoms with Crippen LogP contribution in [0.15, 0.2) is 81.8 Å². The minimum Gasteiger partial charge on any atom is -0.465 e. The number of esters is 2. The molecule has 9 heteroatoms. The van der Waals surface area contributed by atoms with E-state index in [4.69, 9.17) is 13.9 Å². The predicted molar refractivity (Wildman–Crippen MR) is 135 cm³/mol. The molecular weight excluding hydrogens is 528 g/mol. The first-order valence-electron chi connectivity index (χ1n) is 11.0. The lowest BCUT2D eigenvalue weighted by Gasteiger charge is -2.35. The summed E-state index contributed by atoms with van der Waals surface area (Å²) in [4.78, 5) is 32.2. The Labute approximate surface area is 215 Å². The van der Waals surface area contributed by atoms with Gasteiger partial charge in [-0.25, -0.2) is 9.59 Å². The second-order valence-corrected chi connectivity index (χ2v) is 8.96. The van der Waals surface area contributed by atoms with Gasteiger partial charge in [-0.1, -0.05) is 46.3 Å². The molecule has 0 unspecified atom stereocenters. The Bertz CT molecular complexity index is 1430. The summed E-state index contributed by atoms with van der Waals surface area (Å²) < 4.78 is 16.9. The van der Waals surface area contributed by atoms with Gasteiger partial charge in [0, 0.05) is 21.9 Å². The number of anilines is 2. The number of benzene rings is 2. The lowest BCUT2D eigenvalue weighted by molar-refractivity contribution is 0.0529. The van der Waals surface area contributed by atoms with Crippen LogP contribution in [0, 0.1) is 0 Å². The van der Waals surface area contributed by atoms with E-state index in [-0.39, 0.29) is 22.8 Å². The Morgan fingerprint density at radius 3 is 2.33 bits per heavy atom. The van der Waals surface area contributed by atoms with Crippen LogP contribution in [0.3, 0.4) is 0 Å². The van der Waals surface area contributed by atoms with Crippen molar-refractivity contribution in [2.75, 3.05) is 19.1 Å². The number of nitrogens with zero attached hydrogens (tertiary/aromatic N) is 2. The maximum atomic E-state index is 13.2. The number of hydrogen-bond acceptors (Lipinski definition) is 8. The molecule has 3 heterocycles. The Morgan fingerprint density at radius 2 is 1.67 bits per heavy atom. The lowest BCUT2D eigenvalue weighted by Crippen LogP contribution is -2.30. The summed E-state index contributed by atoms with van der Waals surface area (Å²) in [6.07, 6.45) is 0.560. The van der Waals surface area contributed by atoms with Gasteiger partial charge in [-0.15, -0.1) is 0 Å². The summed E-state index contributed by atoms with van der Waals surface area (Å²) in [5.74, 6) is -1.67. The number of hydrogen-bond donors (Lipinski definition) is 1. The van der Waals surface area contributed by atoms with E-state index >= 15 is 0 Å². The first-order valence-corrected chi connectivity index (χ1v) is 11.8. The highest BCUT2D eigenvalue weighted by Gasteiger charge is 2.44. The molecule has 1 aliphatic heterocycles. The fourth-order valence-corrected chi connectivity index (χ4v) is 4.78. The monoisotopic (exact) mass is 548 g/mol. The second-order valence-electron chi connectivity index (χ2n) is 8.05. The van der Waals surface area contributed by atoms with Crippen molar-refractivity contribution in [2.24, 2.45) is 0 Å². The molecule has 5 rings (SSSR count). The minimum absolute atomic E-state index is 0.105. The van der Waals surface area contributed by atoms with E-state index in [9.17, 15) is 14.7 Å². The number of fused-ring (bicyclic) bond motifs is 3. The standard InChI is InChI=1S/C27H21BrN2O6/c1-34-26(32)20-22-24(36-25(20)27(33)35-2)18-8-4-3-7-17(18)23(31)21(19-9-5-6-14-29-19)30(22)16-12-10-15(28)11-13-16/h3-14,21,23,31H,1-2H3/t21-,23-/m1/s1. The number of aliphatic hydroxyl groups excluding tert-OH is 1. The number of carbonyl (C=O) groups excluding carboxylic acids is 2. The Hall–Kier alpha value is -3.95. The molecule has 8 nitrogen and oxygen atoms in total. The Balaban J connectivity index is 1.93. The van der Waals surface area contributed by atoms with Gasteiger partial charge in [0.05, 0.1) is 19.9 Å². The third kappa shape index (κ3) is 3.86. The molecule has 1 N–H and O–H groups in total. The van der Waals surface area contributed by atoms with Crippen molar-refractivity contribution in [2.45, 2.75) is 12.1 Å². The molecule has 2 atom stereocenters. The van der Waals surface area contributed by atoms with Crippen molar-refractivity contribution < 1.29 is 28.6 Å². The van der Waals surface area contributed by atoms with Crippen molar-refractivity contribution in [3.05, 3.63) is 100.0 Å². The van der Waals surface area contributed by atoms with Gasteiger partial charge < -0.3 is 23.9 Å². The van der Waals surface area contributed by atoms with Gasteiger partial charge in [0.25, 0.3) is 0 Å². The summed E-state index contributed by atoms with van der Waals surface area (Å²) in [7, 11) is 2.43. The number of carbonyl (C=O) groups is 2. The molecule has 0 bridgehead atoms. The molecule has 1 aliphatic rings. The summed E-state index contributed by atoms with van der Waals surface area (Å²) in [5, 5.41) is 11.8. The van der Waals surface area contributed by atoms with Gasteiger partial charge in [0.2, 0.25) is 5.76 Å². The van der Waals surface area contributed by atoms with E-state index in [0.717, 1.165) is 4.47 Å². The minimum atomic E-state index is -1.07. The molecule has 4 aromatic rings. The van der Waals surface area contributed by atoms with Crippen LogP contribution in [0.25, 0.3) is 11.3 Å². The van der Waals surface area contributed by atoms with Crippen LogP contribution in [0.5, 0.6) is 0 Å². The summed E-state index contributed by atoms with van der Waals surface area (Å²) >= 11 is 3.46. The maximum absolute atomic E-state index is 13.2. The number of aromatic nitrogens is 1. The highest BCUT2D eigenvalue weighted by molar-refractivity contribution is 9.10. The maximum Gasteiger partial charge on any atom is 0.374 e. The Morgan fingerprint density at radius 1 is 0.972 bits per heavy atom. The third-order valence-electron chi connectivity index (χ3n) is 6.08. The van der Waals surface area contributed by atoms with Crippen LogP contribution in [0.2, 0.25) is 0 Å². The van der Waals surface area contributed by atoms with Crippen molar-refractivity contribution in [3.8, 4) is 11.3 Å². The Kier molecular flexibility index (Phi) is 6.34. The van der Waals surface area contributed by atoms with Gasteiger partial charge in [-0.3, -0.25) is 4.98 Å². The average Bonchev–Trinajstić information content (AvgIpc) is 3.27. The highest BCUT2D eigenvalue weighted by Crippen LogP contribution is 2.53. The number of methoxy groups -OCH3 is 2. The first-order chi connectivity index (χ1) is 17.5. The molecule has 2 aromatic carbocycles. The molecule has 0 spiro atoms. The van der Waals surface area contributed by atoms with Crippen molar-refractivity contribution in [3.63, 3.8) is 0 Å². The third-order valence-corrected chi connectivity index (χ3v) is 6.61. The van der Waals surface area contributed by atoms with Crippen molar-refractivity contribution in [1.82, 2.24) is 4.98 Å². The van der Waals surface area contributed by atoms with Gasteiger partial charge in [0.15, 0.2) is 5.76 Å². The zero-order valence-corrected chi connectivity index (χ0v) is 20.9. The van der Waals surface area contributed by atoms with E-state index < -0.39 is 24.1 Å². The molecule has 182 valence electrons. The van der Waals surface area contributed by atoms with Crippen LogP contribution in [-0.2, 0) is 9.47 Å². The molecule has 0 aliphatic carbocycles. The SMILES string of the molecule is COC(=O)c1oc2c(c1C(=O)OC)N(c1ccc(Br)cc1)[C@H](c1ccccn1)[C@H](O)c1ccccc1-2. The van der Waals surface area contributed by atoms with Crippen molar-refractivity contribution in [1.29, 1.82) is 0 Å². The van der Waals surface area contributed by atoms with Crippen LogP contribution in [-0.4, -0.2) is 36.2 Å². The predicted octanol–water partition coefficient (Wildman–Crippen LogP) is 5.60. The van der Waals surface area contributed by atoms with E-state index in [2.05, 4.69) is 20.9 Å². The molecule has 0 radical (unpaired) electrons. The van der Waals surface area contributed by atoms with Crippen LogP contribution in [0.1, 0.15) is 44.3 Å². The lowest BCUT2D eigenvalue weighted by atomic mass is 9.95. The molecule has 2 aromatic heterocycles. The zero-order valence-electron chi connectivity index (χ0n) is 19.3. The molecule has 0 fully saturated rings. The molecule has 0 saturated carbocycles. The molecule has 0 saturated heterocycles. The number of pyridine rings is 1. The van der Waals surface area contributed by atoms with Gasteiger partial charge in [-0.2, -0.15) is 0 Å². The largest absolute Gasteiger partial charge is 0.465 e. The quantitative estimate of drug-likeness (QED) is 0.328. The number of rotatable bonds is 4. The van der Waals surface area contributed by atoms with Crippen molar-refractivity contribution >= 4 is 39.2 Å². The van der Waals surface area contributed by atoms with E-state index in [1.165, 1.54) is 14.2 Å². The summed E-state index contributed by atoms with van der Waals surface area (Å²) in [6.45, 7) is 0. The molecule has 0 amide bonds. The van der Waals surface area contributed by atoms with E-state index in [1.807, 2.05) is 30.3 Å². The zero-order chi connectivity index (χ0) is 25.4. The highest BCUT2D eigenvalue weighted by atomic mass is 79.9. The fourth-order valence-electron chi connectivity index (χ4n) is 4.51. The smallest absolute Gasteiger partial charge is 0.374 e. The van der Waals surface area contributed by atoms with Crippen LogP contribution in [0.4, 0.5) is 11.4 Å². The number of ether oxygens (including phenoxy) is 2. The fraction of sp³-hybridized carbons (Fsp3) is 0.148. The van der Waals surface area contributed by atoms with E-state index in [1.54, 1.807) is 47.5 Å². The summed E-state index contributed by atoms with van der Waals surface area (Å²) in [6, 6.07) is 19.1. The molecular formula is C27H21BrN2O6. The van der Waals surface area contributed by atoms with Crippen LogP contribution >= 0.6 is 15.9 Å². The van der Waals surface area contributed by atoms with Gasteiger partial charge in [0.1, 0.15) is 23.4 Å². The first kappa shape index (κ1) is 23.8. The topological polar surface area (TPSA) is 102 Å². The van der Waals surface area contributed by atoms with Gasteiger partial charge in [-0.05, 0) is 42.0 Å². The number of aliphatic hydroxyl groups is 1. The van der Waals surface area contributed by atoms with E-state index in [0.29, 0.717) is 22.5 Å². The summed E-state index contributed by atoms with van der Waals surface area (Å²) in [5.41, 5.74) is 2.42. The molecule has 36 heavy (non-hydrogen) atoms. The average molecular weight is 549 g/mol.